The van der Waals surface area contributed by atoms with Crippen LogP contribution in [0.2, 0.25) is 5.02 Å². The molecule has 0 saturated heterocycles. The normalized spacial score (nSPS) is 12.8. The van der Waals surface area contributed by atoms with Gasteiger partial charge in [0.1, 0.15) is 34.3 Å². The SMILES string of the molecule is COc1cc(C(=O)NCCCO)c(F)cc1Nc1ncc(Cl)c(OC2Cc3ccccc3C2)c1C. The summed E-state index contributed by atoms with van der Waals surface area (Å²) in [5, 5.41) is 14.9. The van der Waals surface area contributed by atoms with Gasteiger partial charge in [-0.25, -0.2) is 9.37 Å². The minimum Gasteiger partial charge on any atom is -0.495 e. The Balaban J connectivity index is 1.55. The number of amides is 1. The minimum atomic E-state index is -0.721. The average molecular weight is 500 g/mol. The van der Waals surface area contributed by atoms with Crippen LogP contribution in [-0.4, -0.2) is 42.4 Å². The van der Waals surface area contributed by atoms with Crippen molar-refractivity contribution in [2.75, 3.05) is 25.6 Å². The molecular weight excluding hydrogens is 473 g/mol. The van der Waals surface area contributed by atoms with Gasteiger partial charge in [-0.1, -0.05) is 35.9 Å². The van der Waals surface area contributed by atoms with Gasteiger partial charge < -0.3 is 25.2 Å². The number of nitrogens with one attached hydrogen (secondary N) is 2. The van der Waals surface area contributed by atoms with Gasteiger partial charge in [-0.15, -0.1) is 0 Å². The van der Waals surface area contributed by atoms with E-state index in [4.69, 9.17) is 26.2 Å². The number of nitrogens with zero attached hydrogens (tertiary/aromatic N) is 1. The molecule has 2 aromatic carbocycles. The number of anilines is 2. The monoisotopic (exact) mass is 499 g/mol. The van der Waals surface area contributed by atoms with Crippen LogP contribution in [0.25, 0.3) is 0 Å². The summed E-state index contributed by atoms with van der Waals surface area (Å²) >= 11 is 6.43. The van der Waals surface area contributed by atoms with Gasteiger partial charge in [0.05, 0.1) is 24.6 Å². The molecule has 0 fully saturated rings. The molecule has 0 atom stereocenters. The van der Waals surface area contributed by atoms with E-state index in [1.807, 2.05) is 19.1 Å². The number of ether oxygens (including phenoxy) is 2. The molecule has 3 aromatic rings. The first-order valence-corrected chi connectivity index (χ1v) is 11.7. The number of carbonyl (C=O) groups is 1. The first-order valence-electron chi connectivity index (χ1n) is 11.3. The number of carbonyl (C=O) groups excluding carboxylic acids is 1. The lowest BCUT2D eigenvalue weighted by molar-refractivity contribution is 0.0946. The summed E-state index contributed by atoms with van der Waals surface area (Å²) < 4.78 is 26.5. The number of rotatable bonds is 9. The number of benzene rings is 2. The van der Waals surface area contributed by atoms with Gasteiger partial charge in [0.2, 0.25) is 0 Å². The van der Waals surface area contributed by atoms with E-state index in [-0.39, 0.29) is 30.6 Å². The zero-order chi connectivity index (χ0) is 24.9. The molecular formula is C26H27ClFN3O4. The Kier molecular flexibility index (Phi) is 7.73. The van der Waals surface area contributed by atoms with Crippen molar-refractivity contribution < 1.29 is 23.8 Å². The van der Waals surface area contributed by atoms with Crippen molar-refractivity contribution >= 4 is 29.0 Å². The maximum atomic E-state index is 14.8. The van der Waals surface area contributed by atoms with Crippen LogP contribution in [0.4, 0.5) is 15.9 Å². The summed E-state index contributed by atoms with van der Waals surface area (Å²) in [4.78, 5) is 16.7. The summed E-state index contributed by atoms with van der Waals surface area (Å²) in [6.45, 7) is 1.99. The van der Waals surface area contributed by atoms with Gasteiger partial charge in [0.15, 0.2) is 0 Å². The number of halogens is 2. The van der Waals surface area contributed by atoms with Gasteiger partial charge in [0.25, 0.3) is 5.91 Å². The molecule has 184 valence electrons. The molecule has 9 heteroatoms. The second-order valence-electron chi connectivity index (χ2n) is 8.32. The quantitative estimate of drug-likeness (QED) is 0.373. The third kappa shape index (κ3) is 5.49. The van der Waals surface area contributed by atoms with E-state index in [1.165, 1.54) is 36.6 Å². The van der Waals surface area contributed by atoms with Gasteiger partial charge in [-0.2, -0.15) is 0 Å². The van der Waals surface area contributed by atoms with Crippen LogP contribution in [0.5, 0.6) is 11.5 Å². The highest BCUT2D eigenvalue weighted by molar-refractivity contribution is 6.32. The van der Waals surface area contributed by atoms with Gasteiger partial charge in [-0.05, 0) is 30.5 Å². The molecule has 0 unspecified atom stereocenters. The molecule has 1 amide bonds. The maximum absolute atomic E-state index is 14.8. The highest BCUT2D eigenvalue weighted by atomic mass is 35.5. The maximum Gasteiger partial charge on any atom is 0.254 e. The highest BCUT2D eigenvalue weighted by Crippen LogP contribution is 2.38. The number of aliphatic hydroxyl groups is 1. The van der Waals surface area contributed by atoms with Crippen molar-refractivity contribution in [2.24, 2.45) is 0 Å². The molecule has 0 radical (unpaired) electrons. The number of aliphatic hydroxyl groups excluding tert-OH is 1. The van der Waals surface area contributed by atoms with Crippen LogP contribution < -0.4 is 20.1 Å². The van der Waals surface area contributed by atoms with Crippen LogP contribution >= 0.6 is 11.6 Å². The minimum absolute atomic E-state index is 0.0468. The van der Waals surface area contributed by atoms with Crippen molar-refractivity contribution in [3.63, 3.8) is 0 Å². The topological polar surface area (TPSA) is 92.7 Å². The summed E-state index contributed by atoms with van der Waals surface area (Å²) in [5.41, 5.74) is 3.34. The Bertz CT molecular complexity index is 1210. The van der Waals surface area contributed by atoms with E-state index < -0.39 is 11.7 Å². The second kappa shape index (κ2) is 10.9. The zero-order valence-corrected chi connectivity index (χ0v) is 20.3. The van der Waals surface area contributed by atoms with Crippen molar-refractivity contribution in [3.05, 3.63) is 75.7 Å². The summed E-state index contributed by atoms with van der Waals surface area (Å²) in [5.74, 6) is -0.0981. The number of methoxy groups -OCH3 is 1. The molecule has 0 aliphatic heterocycles. The van der Waals surface area contributed by atoms with E-state index >= 15 is 0 Å². The molecule has 1 aliphatic rings. The van der Waals surface area contributed by atoms with Crippen LogP contribution in [-0.2, 0) is 12.8 Å². The average Bonchev–Trinajstić information content (AvgIpc) is 3.26. The van der Waals surface area contributed by atoms with Crippen molar-refractivity contribution in [3.8, 4) is 11.5 Å². The number of pyridine rings is 1. The summed E-state index contributed by atoms with van der Waals surface area (Å²) in [7, 11) is 1.43. The van der Waals surface area contributed by atoms with Crippen molar-refractivity contribution in [1.82, 2.24) is 10.3 Å². The Morgan fingerprint density at radius 2 is 1.97 bits per heavy atom. The van der Waals surface area contributed by atoms with E-state index in [1.54, 1.807) is 0 Å². The Labute approximate surface area is 208 Å². The molecule has 0 saturated carbocycles. The number of aromatic nitrogens is 1. The van der Waals surface area contributed by atoms with E-state index in [0.29, 0.717) is 34.3 Å². The first kappa shape index (κ1) is 24.8. The Morgan fingerprint density at radius 3 is 2.63 bits per heavy atom. The number of fused-ring (bicyclic) bond motifs is 1. The molecule has 0 spiro atoms. The summed E-state index contributed by atoms with van der Waals surface area (Å²) in [6, 6.07) is 10.7. The smallest absolute Gasteiger partial charge is 0.254 e. The Morgan fingerprint density at radius 1 is 1.26 bits per heavy atom. The molecule has 4 rings (SSSR count). The molecule has 35 heavy (non-hydrogen) atoms. The lowest BCUT2D eigenvalue weighted by atomic mass is 10.1. The molecule has 1 heterocycles. The van der Waals surface area contributed by atoms with Gasteiger partial charge in [-0.3, -0.25) is 4.79 Å². The van der Waals surface area contributed by atoms with Crippen LogP contribution in [0.1, 0.15) is 33.5 Å². The fourth-order valence-electron chi connectivity index (χ4n) is 4.10. The fourth-order valence-corrected chi connectivity index (χ4v) is 4.34. The number of hydrogen-bond donors (Lipinski definition) is 3. The molecule has 1 aromatic heterocycles. The standard InChI is InChI=1S/C26H27ClFN3O4/c1-15-24(35-18-10-16-6-3-4-7-17(16)11-18)20(27)14-30-25(15)31-22-13-21(28)19(12-23(22)34-2)26(33)29-8-5-9-32/h3-4,6-7,12-14,18,32H,5,8-11H2,1-2H3,(H,29,33)(H,30,31). The highest BCUT2D eigenvalue weighted by Gasteiger charge is 2.25. The van der Waals surface area contributed by atoms with Crippen LogP contribution in [0.15, 0.2) is 42.6 Å². The molecule has 1 aliphatic carbocycles. The van der Waals surface area contributed by atoms with Crippen molar-refractivity contribution in [2.45, 2.75) is 32.3 Å². The largest absolute Gasteiger partial charge is 0.495 e. The van der Waals surface area contributed by atoms with Crippen LogP contribution in [0, 0.1) is 12.7 Å². The third-order valence-corrected chi connectivity index (χ3v) is 6.19. The predicted molar refractivity (Wildman–Crippen MR) is 133 cm³/mol. The number of hydrogen-bond acceptors (Lipinski definition) is 6. The molecule has 7 nitrogen and oxygen atoms in total. The van der Waals surface area contributed by atoms with Gasteiger partial charge in [0, 0.05) is 37.6 Å². The van der Waals surface area contributed by atoms with Gasteiger partial charge >= 0.3 is 0 Å². The second-order valence-corrected chi connectivity index (χ2v) is 8.72. The third-order valence-electron chi connectivity index (χ3n) is 5.93. The van der Waals surface area contributed by atoms with E-state index in [9.17, 15) is 9.18 Å². The first-order chi connectivity index (χ1) is 16.9. The molecule has 3 N–H and O–H groups in total. The lowest BCUT2D eigenvalue weighted by Gasteiger charge is -2.19. The molecule has 0 bridgehead atoms. The van der Waals surface area contributed by atoms with Crippen molar-refractivity contribution in [1.29, 1.82) is 0 Å². The fraction of sp³-hybridized carbons (Fsp3) is 0.308. The summed E-state index contributed by atoms with van der Waals surface area (Å²) in [6.07, 6.45) is 3.40. The predicted octanol–water partition coefficient (Wildman–Crippen LogP) is 4.59. The van der Waals surface area contributed by atoms with E-state index in [0.717, 1.165) is 12.8 Å². The zero-order valence-electron chi connectivity index (χ0n) is 19.5. The Hall–Kier alpha value is -3.36. The van der Waals surface area contributed by atoms with E-state index in [2.05, 4.69) is 27.8 Å². The van der Waals surface area contributed by atoms with Crippen LogP contribution in [0.3, 0.4) is 0 Å². The lowest BCUT2D eigenvalue weighted by Crippen LogP contribution is -2.26.